The van der Waals surface area contributed by atoms with E-state index in [0.717, 1.165) is 44.6 Å². The first kappa shape index (κ1) is 19.2. The Hall–Kier alpha value is -2.18. The number of piperidine rings is 1. The van der Waals surface area contributed by atoms with Gasteiger partial charge in [0, 0.05) is 26.1 Å². The number of rotatable bonds is 5. The normalized spacial score (nSPS) is 19.5. The van der Waals surface area contributed by atoms with Crippen LogP contribution in [0, 0.1) is 5.41 Å². The van der Waals surface area contributed by atoms with E-state index in [1.807, 2.05) is 46.7 Å². The van der Waals surface area contributed by atoms with Crippen molar-refractivity contribution in [2.45, 2.75) is 31.7 Å². The molecule has 0 bridgehead atoms. The third-order valence-electron chi connectivity index (χ3n) is 6.10. The zero-order valence-corrected chi connectivity index (χ0v) is 16.8. The van der Waals surface area contributed by atoms with E-state index in [1.165, 1.54) is 17.8 Å². The molecular weight excluding hydrogens is 370 g/mol. The summed E-state index contributed by atoms with van der Waals surface area (Å²) in [6.07, 6.45) is 3.81. The lowest BCUT2D eigenvalue weighted by atomic mass is 9.77. The molecule has 0 radical (unpaired) electrons. The van der Waals surface area contributed by atoms with E-state index >= 15 is 0 Å². The number of nitrogens with one attached hydrogen (secondary N) is 2. The van der Waals surface area contributed by atoms with Crippen molar-refractivity contribution in [1.29, 1.82) is 0 Å². The van der Waals surface area contributed by atoms with Crippen molar-refractivity contribution >= 4 is 23.2 Å². The molecule has 2 saturated heterocycles. The summed E-state index contributed by atoms with van der Waals surface area (Å²) in [4.78, 5) is 28.5. The van der Waals surface area contributed by atoms with Gasteiger partial charge in [0.05, 0.1) is 4.88 Å². The Morgan fingerprint density at radius 3 is 2.54 bits per heavy atom. The summed E-state index contributed by atoms with van der Waals surface area (Å²) in [5, 5.41) is 8.34. The van der Waals surface area contributed by atoms with Crippen LogP contribution in [0.15, 0.2) is 47.8 Å². The van der Waals surface area contributed by atoms with Gasteiger partial charge < -0.3 is 15.5 Å². The fourth-order valence-electron chi connectivity index (χ4n) is 4.33. The third-order valence-corrected chi connectivity index (χ3v) is 6.97. The Balaban J connectivity index is 1.46. The van der Waals surface area contributed by atoms with E-state index < -0.39 is 6.04 Å². The van der Waals surface area contributed by atoms with Crippen LogP contribution in [0.2, 0.25) is 0 Å². The fraction of sp³-hybridized carbons (Fsp3) is 0.455. The number of thiophene rings is 1. The van der Waals surface area contributed by atoms with Gasteiger partial charge in [0.15, 0.2) is 0 Å². The Labute approximate surface area is 170 Å². The van der Waals surface area contributed by atoms with Crippen LogP contribution >= 0.6 is 11.3 Å². The molecule has 0 aliphatic carbocycles. The number of hydrogen-bond acceptors (Lipinski definition) is 4. The molecule has 28 heavy (non-hydrogen) atoms. The summed E-state index contributed by atoms with van der Waals surface area (Å²) >= 11 is 1.40. The number of carbonyl (C=O) groups is 2. The molecule has 2 amide bonds. The summed E-state index contributed by atoms with van der Waals surface area (Å²) in [6, 6.07) is 13.0. The SMILES string of the molecule is O=C(NC(Cc1ccccc1)C(=O)N1CCC2(CCNC2)CC1)c1cccs1. The predicted molar refractivity (Wildman–Crippen MR) is 111 cm³/mol. The van der Waals surface area contributed by atoms with Gasteiger partial charge in [-0.15, -0.1) is 11.3 Å². The van der Waals surface area contributed by atoms with Crippen LogP contribution in [0.4, 0.5) is 0 Å². The minimum Gasteiger partial charge on any atom is -0.341 e. The summed E-state index contributed by atoms with van der Waals surface area (Å²) < 4.78 is 0. The molecule has 2 aliphatic rings. The van der Waals surface area contributed by atoms with Gasteiger partial charge >= 0.3 is 0 Å². The highest BCUT2D eigenvalue weighted by atomic mass is 32.1. The van der Waals surface area contributed by atoms with Crippen molar-refractivity contribution in [3.05, 3.63) is 58.3 Å². The highest BCUT2D eigenvalue weighted by Crippen LogP contribution is 2.37. The maximum Gasteiger partial charge on any atom is 0.262 e. The van der Waals surface area contributed by atoms with Gasteiger partial charge in [0.2, 0.25) is 5.91 Å². The Bertz CT molecular complexity index is 790. The third kappa shape index (κ3) is 4.28. The molecule has 1 spiro atoms. The molecule has 2 fully saturated rings. The lowest BCUT2D eigenvalue weighted by molar-refractivity contribution is -0.135. The topological polar surface area (TPSA) is 61.4 Å². The first-order valence-electron chi connectivity index (χ1n) is 10.0. The van der Waals surface area contributed by atoms with E-state index in [-0.39, 0.29) is 11.8 Å². The lowest BCUT2D eigenvalue weighted by Gasteiger charge is -2.40. The van der Waals surface area contributed by atoms with Crippen LogP contribution in [-0.4, -0.2) is 48.9 Å². The molecular formula is C22H27N3O2S. The summed E-state index contributed by atoms with van der Waals surface area (Å²) in [6.45, 7) is 3.71. The molecule has 1 aromatic heterocycles. The number of hydrogen-bond donors (Lipinski definition) is 2. The highest BCUT2D eigenvalue weighted by Gasteiger charge is 2.39. The zero-order chi connectivity index (χ0) is 19.4. The Morgan fingerprint density at radius 1 is 1.11 bits per heavy atom. The number of benzene rings is 1. The maximum absolute atomic E-state index is 13.3. The quantitative estimate of drug-likeness (QED) is 0.816. The number of carbonyl (C=O) groups excluding carboxylic acids is 2. The van der Waals surface area contributed by atoms with Crippen molar-refractivity contribution in [3.8, 4) is 0 Å². The molecule has 6 heteroatoms. The van der Waals surface area contributed by atoms with Crippen molar-refractivity contribution in [2.75, 3.05) is 26.2 Å². The Kier molecular flexibility index (Phi) is 5.78. The Morgan fingerprint density at radius 2 is 1.89 bits per heavy atom. The first-order chi connectivity index (χ1) is 13.7. The molecule has 148 valence electrons. The van der Waals surface area contributed by atoms with Crippen LogP contribution in [-0.2, 0) is 11.2 Å². The van der Waals surface area contributed by atoms with E-state index in [4.69, 9.17) is 0 Å². The van der Waals surface area contributed by atoms with Gasteiger partial charge in [-0.3, -0.25) is 9.59 Å². The molecule has 1 unspecified atom stereocenters. The van der Waals surface area contributed by atoms with Gasteiger partial charge in [-0.25, -0.2) is 0 Å². The second-order valence-electron chi connectivity index (χ2n) is 7.95. The highest BCUT2D eigenvalue weighted by molar-refractivity contribution is 7.12. The van der Waals surface area contributed by atoms with E-state index in [0.29, 0.717) is 16.7 Å². The van der Waals surface area contributed by atoms with Gasteiger partial charge in [-0.2, -0.15) is 0 Å². The van der Waals surface area contributed by atoms with Crippen molar-refractivity contribution in [1.82, 2.24) is 15.5 Å². The van der Waals surface area contributed by atoms with E-state index in [2.05, 4.69) is 10.6 Å². The maximum atomic E-state index is 13.3. The van der Waals surface area contributed by atoms with E-state index in [1.54, 1.807) is 6.07 Å². The van der Waals surface area contributed by atoms with Gasteiger partial charge in [0.1, 0.15) is 6.04 Å². The summed E-state index contributed by atoms with van der Waals surface area (Å²) in [7, 11) is 0. The smallest absolute Gasteiger partial charge is 0.262 e. The summed E-state index contributed by atoms with van der Waals surface area (Å²) in [5.41, 5.74) is 1.42. The first-order valence-corrected chi connectivity index (χ1v) is 10.9. The standard InChI is InChI=1S/C22H27N3O2S/c26-20(19-7-4-14-28-19)24-18(15-17-5-2-1-3-6-17)21(27)25-12-9-22(10-13-25)8-11-23-16-22/h1-7,14,18,23H,8-13,15-16H2,(H,24,26). The van der Waals surface area contributed by atoms with Gasteiger partial charge in [0.25, 0.3) is 5.91 Å². The number of nitrogens with zero attached hydrogens (tertiary/aromatic N) is 1. The van der Waals surface area contributed by atoms with Crippen molar-refractivity contribution in [2.24, 2.45) is 5.41 Å². The van der Waals surface area contributed by atoms with Crippen LogP contribution in [0.5, 0.6) is 0 Å². The fourth-order valence-corrected chi connectivity index (χ4v) is 4.96. The molecule has 2 aromatic rings. The second-order valence-corrected chi connectivity index (χ2v) is 8.89. The average Bonchev–Trinajstić information content (AvgIpc) is 3.41. The second kappa shape index (κ2) is 8.45. The monoisotopic (exact) mass is 397 g/mol. The van der Waals surface area contributed by atoms with Crippen LogP contribution in [0.1, 0.15) is 34.5 Å². The number of likely N-dealkylation sites (tertiary alicyclic amines) is 1. The molecule has 2 N–H and O–H groups in total. The van der Waals surface area contributed by atoms with Gasteiger partial charge in [-0.1, -0.05) is 36.4 Å². The molecule has 0 saturated carbocycles. The average molecular weight is 398 g/mol. The van der Waals surface area contributed by atoms with Crippen LogP contribution in [0.3, 0.4) is 0 Å². The lowest BCUT2D eigenvalue weighted by Crippen LogP contribution is -2.53. The zero-order valence-electron chi connectivity index (χ0n) is 16.0. The van der Waals surface area contributed by atoms with Crippen molar-refractivity contribution < 1.29 is 9.59 Å². The molecule has 4 rings (SSSR count). The van der Waals surface area contributed by atoms with Gasteiger partial charge in [-0.05, 0) is 48.2 Å². The molecule has 5 nitrogen and oxygen atoms in total. The minimum absolute atomic E-state index is 0.0366. The predicted octanol–water partition coefficient (Wildman–Crippen LogP) is 2.69. The number of amides is 2. The largest absolute Gasteiger partial charge is 0.341 e. The molecule has 1 aromatic carbocycles. The van der Waals surface area contributed by atoms with Crippen LogP contribution in [0.25, 0.3) is 0 Å². The van der Waals surface area contributed by atoms with Crippen LogP contribution < -0.4 is 10.6 Å². The molecule has 2 aliphatic heterocycles. The minimum atomic E-state index is -0.534. The van der Waals surface area contributed by atoms with E-state index in [9.17, 15) is 9.59 Å². The summed E-state index contributed by atoms with van der Waals surface area (Å²) in [5.74, 6) is -0.132. The molecule has 3 heterocycles. The van der Waals surface area contributed by atoms with Crippen molar-refractivity contribution in [3.63, 3.8) is 0 Å². The molecule has 1 atom stereocenters.